The van der Waals surface area contributed by atoms with E-state index in [0.717, 1.165) is 0 Å². The molecule has 30 valence electrons. The van der Waals surface area contributed by atoms with Gasteiger partial charge in [0.25, 0.3) is 0 Å². The van der Waals surface area contributed by atoms with Crippen LogP contribution in [0.15, 0.2) is 17.8 Å². The first-order valence-corrected chi connectivity index (χ1v) is 1.30. The fourth-order valence-electron chi connectivity index (χ4n) is 0. The first kappa shape index (κ1) is 8.83. The maximum absolute atomic E-state index is 4.89. The minimum Gasteiger partial charge on any atom is -0.269 e. The second kappa shape index (κ2) is 9.27. The van der Waals surface area contributed by atoms with Gasteiger partial charge in [-0.15, -0.1) is 5.73 Å². The van der Waals surface area contributed by atoms with Crippen molar-refractivity contribution in [3.8, 4) is 0 Å². The van der Waals surface area contributed by atoms with Gasteiger partial charge in [-0.05, 0) is 0 Å². The molecule has 0 saturated carbocycles. The highest BCUT2D eigenvalue weighted by molar-refractivity contribution is 6.25. The Labute approximate surface area is 35.1 Å². The maximum atomic E-state index is 4.89. The summed E-state index contributed by atoms with van der Waals surface area (Å²) in [5.74, 6) is 0. The van der Waals surface area contributed by atoms with Gasteiger partial charge in [0, 0.05) is 5.54 Å². The molecule has 0 aromatic rings. The normalized spacial score (nSPS) is 3.40. The molecule has 0 atom stereocenters. The molecule has 0 aliphatic rings. The summed E-state index contributed by atoms with van der Waals surface area (Å²) < 4.78 is 0. The van der Waals surface area contributed by atoms with Gasteiger partial charge in [-0.25, -0.2) is 0 Å². The van der Waals surface area contributed by atoms with Crippen LogP contribution in [-0.4, -0.2) is 0 Å². The van der Waals surface area contributed by atoms with Crippen LogP contribution in [0.5, 0.6) is 0 Å². The lowest BCUT2D eigenvalue weighted by molar-refractivity contribution is 1.11. The number of halogens is 2. The van der Waals surface area contributed by atoms with Gasteiger partial charge in [-0.1, -0.05) is 18.2 Å². The van der Waals surface area contributed by atoms with E-state index in [1.807, 2.05) is 0 Å². The van der Waals surface area contributed by atoms with E-state index >= 15 is 0 Å². The van der Waals surface area contributed by atoms with Gasteiger partial charge >= 0.3 is 0 Å². The molecule has 0 aliphatic heterocycles. The summed E-state index contributed by atoms with van der Waals surface area (Å²) in [7, 11) is 0. The van der Waals surface area contributed by atoms with Crippen molar-refractivity contribution < 1.29 is 4.70 Å². The van der Waals surface area contributed by atoms with Crippen molar-refractivity contribution >= 4 is 11.6 Å². The maximum Gasteiger partial charge on any atom is 0.0456 e. The van der Waals surface area contributed by atoms with Gasteiger partial charge in [-0.3, -0.25) is 4.70 Å². The fraction of sp³-hybridized carbons (Fsp3) is 0. The molecule has 0 unspecified atom stereocenters. The zero-order valence-electron chi connectivity index (χ0n) is 2.57. The molecule has 0 aliphatic carbocycles. The van der Waals surface area contributed by atoms with Gasteiger partial charge in [-0.2, -0.15) is 0 Å². The lowest BCUT2D eigenvalue weighted by Gasteiger charge is -1.34. The Bertz CT molecular complexity index is 44.9. The van der Waals surface area contributed by atoms with Crippen molar-refractivity contribution in [1.29, 1.82) is 0 Å². The third kappa shape index (κ3) is 20.7. The largest absolute Gasteiger partial charge is 0.269 e. The number of hydrogen-bond donors (Lipinski definition) is 0. The van der Waals surface area contributed by atoms with Crippen molar-refractivity contribution in [2.45, 2.75) is 0 Å². The van der Waals surface area contributed by atoms with Crippen molar-refractivity contribution in [3.63, 3.8) is 0 Å². The predicted octanol–water partition coefficient (Wildman–Crippen LogP) is 1.68. The second-order valence-electron chi connectivity index (χ2n) is 0.313. The average Bonchev–Trinajstić information content (AvgIpc) is 1.37. The Morgan fingerprint density at radius 1 is 1.80 bits per heavy atom. The summed E-state index contributed by atoms with van der Waals surface area (Å²) in [6, 6.07) is 0. The van der Waals surface area contributed by atoms with E-state index in [1.54, 1.807) is 0 Å². The second-order valence-corrected chi connectivity index (χ2v) is 0.531. The molecule has 0 radical (unpaired) electrons. The van der Waals surface area contributed by atoms with Crippen LogP contribution in [0.2, 0.25) is 0 Å². The topological polar surface area (TPSA) is 0 Å². The molecule has 0 saturated heterocycles. The van der Waals surface area contributed by atoms with E-state index in [2.05, 4.69) is 12.3 Å². The molecule has 0 rings (SSSR count). The lowest BCUT2D eigenvalue weighted by atomic mass is 11.0. The zero-order valence-corrected chi connectivity index (χ0v) is 3.33. The van der Waals surface area contributed by atoms with Crippen LogP contribution < -0.4 is 0 Å². The van der Waals surface area contributed by atoms with Crippen molar-refractivity contribution in [2.24, 2.45) is 0 Å². The third-order valence-corrected chi connectivity index (χ3v) is 0.231. The Kier molecular flexibility index (Phi) is 16.4. The van der Waals surface area contributed by atoms with E-state index in [-0.39, 0.29) is 4.70 Å². The van der Waals surface area contributed by atoms with Crippen LogP contribution in [0.3, 0.4) is 0 Å². The van der Waals surface area contributed by atoms with Gasteiger partial charge in [0.1, 0.15) is 0 Å². The van der Waals surface area contributed by atoms with E-state index in [0.29, 0.717) is 0 Å². The summed E-state index contributed by atoms with van der Waals surface area (Å²) in [4.78, 5) is 0. The molecule has 0 amide bonds. The minimum atomic E-state index is 0. The van der Waals surface area contributed by atoms with Crippen LogP contribution in [0.1, 0.15) is 0 Å². The Balaban J connectivity index is 0. The monoisotopic (exact) mass is 94.0 g/mol. The van der Waals surface area contributed by atoms with E-state index in [4.69, 9.17) is 11.6 Å². The molecule has 0 aromatic heterocycles. The smallest absolute Gasteiger partial charge is 0.0456 e. The summed E-state index contributed by atoms with van der Waals surface area (Å²) in [6.45, 7) is 3.17. The van der Waals surface area contributed by atoms with Gasteiger partial charge in [0.05, 0.1) is 0 Å². The predicted molar refractivity (Wildman–Crippen MR) is 22.1 cm³/mol. The van der Waals surface area contributed by atoms with Gasteiger partial charge in [0.15, 0.2) is 0 Å². The summed E-state index contributed by atoms with van der Waals surface area (Å²) >= 11 is 4.89. The van der Waals surface area contributed by atoms with Crippen molar-refractivity contribution in [2.75, 3.05) is 0 Å². The molecule has 2 heteroatoms. The summed E-state index contributed by atoms with van der Waals surface area (Å²) in [6.07, 6.45) is 0. The average molecular weight is 94.5 g/mol. The van der Waals surface area contributed by atoms with E-state index < -0.39 is 0 Å². The fourth-order valence-corrected chi connectivity index (χ4v) is 0. The SMILES string of the molecule is C=C=CCl.F. The molecular formula is C3H4ClF. The Morgan fingerprint density at radius 3 is 2.00 bits per heavy atom. The molecular weight excluding hydrogens is 90.5 g/mol. The molecule has 0 N–H and O–H groups in total. The molecule has 0 spiro atoms. The Morgan fingerprint density at radius 2 is 2.00 bits per heavy atom. The quantitative estimate of drug-likeness (QED) is 0.401. The summed E-state index contributed by atoms with van der Waals surface area (Å²) in [5.41, 5.74) is 3.56. The molecule has 0 aromatic carbocycles. The standard InChI is InChI=1S/C3H3Cl.FH/c1-2-3-4;/h3H,1H2;1H. The minimum absolute atomic E-state index is 0. The highest BCUT2D eigenvalue weighted by atomic mass is 35.5. The summed E-state index contributed by atoms with van der Waals surface area (Å²) in [5, 5.41) is 0. The van der Waals surface area contributed by atoms with Crippen molar-refractivity contribution in [3.05, 3.63) is 17.8 Å². The van der Waals surface area contributed by atoms with Crippen LogP contribution in [0.4, 0.5) is 4.70 Å². The van der Waals surface area contributed by atoms with E-state index in [1.165, 1.54) is 5.54 Å². The molecule has 0 nitrogen and oxygen atoms in total. The van der Waals surface area contributed by atoms with Crippen LogP contribution in [0, 0.1) is 0 Å². The third-order valence-electron chi connectivity index (χ3n) is 0.0772. The van der Waals surface area contributed by atoms with Crippen LogP contribution in [-0.2, 0) is 0 Å². The molecule has 0 heterocycles. The van der Waals surface area contributed by atoms with Crippen LogP contribution >= 0.6 is 11.6 Å². The highest BCUT2D eigenvalue weighted by Crippen LogP contribution is 1.64. The van der Waals surface area contributed by atoms with Crippen molar-refractivity contribution in [1.82, 2.24) is 0 Å². The lowest BCUT2D eigenvalue weighted by Crippen LogP contribution is -1.05. The molecule has 0 fully saturated rings. The van der Waals surface area contributed by atoms with Gasteiger partial charge < -0.3 is 0 Å². The molecule has 0 bridgehead atoms. The number of hydrogen-bond acceptors (Lipinski definition) is 0. The van der Waals surface area contributed by atoms with E-state index in [9.17, 15) is 0 Å². The first-order chi connectivity index (χ1) is 1.91. The zero-order chi connectivity index (χ0) is 3.41. The molecule has 5 heavy (non-hydrogen) atoms. The Hall–Kier alpha value is -0.260. The van der Waals surface area contributed by atoms with Crippen LogP contribution in [0.25, 0.3) is 0 Å². The number of rotatable bonds is 0. The van der Waals surface area contributed by atoms with Gasteiger partial charge in [0.2, 0.25) is 0 Å². The highest BCUT2D eigenvalue weighted by Gasteiger charge is 1.28. The first-order valence-electron chi connectivity index (χ1n) is 0.860.